The van der Waals surface area contributed by atoms with E-state index in [9.17, 15) is 14.7 Å². The molecule has 1 aromatic carbocycles. The standard InChI is InChI=1S/C11H8ClN3O4S2/c12-7-2-1-5(16)3-6(7)9(19)13-10-14-15-11(21-10)20-4-8(17)18/h1-3,16H,4H2,(H,17,18)(H,13,14,19). The molecule has 0 aliphatic heterocycles. The number of hydrogen-bond acceptors (Lipinski definition) is 7. The minimum atomic E-state index is -0.965. The fourth-order valence-electron chi connectivity index (χ4n) is 1.29. The Labute approximate surface area is 132 Å². The van der Waals surface area contributed by atoms with Crippen LogP contribution in [0.2, 0.25) is 5.02 Å². The molecule has 0 spiro atoms. The third-order valence-corrected chi connectivity index (χ3v) is 4.43. The zero-order chi connectivity index (χ0) is 15.4. The van der Waals surface area contributed by atoms with Gasteiger partial charge in [0.05, 0.1) is 16.3 Å². The molecule has 0 aliphatic carbocycles. The molecule has 0 saturated carbocycles. The van der Waals surface area contributed by atoms with Crippen LogP contribution in [0.5, 0.6) is 5.75 Å². The van der Waals surface area contributed by atoms with Crippen LogP contribution < -0.4 is 5.32 Å². The van der Waals surface area contributed by atoms with E-state index in [-0.39, 0.29) is 27.2 Å². The number of phenols is 1. The van der Waals surface area contributed by atoms with Crippen molar-refractivity contribution < 1.29 is 19.8 Å². The van der Waals surface area contributed by atoms with E-state index >= 15 is 0 Å². The number of rotatable bonds is 5. The van der Waals surface area contributed by atoms with Crippen molar-refractivity contribution in [2.24, 2.45) is 0 Å². The fourth-order valence-corrected chi connectivity index (χ4v) is 2.96. The minimum Gasteiger partial charge on any atom is -0.508 e. The summed E-state index contributed by atoms with van der Waals surface area (Å²) in [7, 11) is 0. The van der Waals surface area contributed by atoms with Crippen LogP contribution in [0.1, 0.15) is 10.4 Å². The lowest BCUT2D eigenvalue weighted by Crippen LogP contribution is -2.12. The molecule has 2 rings (SSSR count). The van der Waals surface area contributed by atoms with Crippen molar-refractivity contribution in [3.8, 4) is 5.75 Å². The first-order chi connectivity index (χ1) is 9.95. The second-order valence-electron chi connectivity index (χ2n) is 3.67. The molecule has 3 N–H and O–H groups in total. The van der Waals surface area contributed by atoms with Crippen molar-refractivity contribution in [2.75, 3.05) is 11.1 Å². The molecule has 1 heterocycles. The van der Waals surface area contributed by atoms with Gasteiger partial charge in [0.2, 0.25) is 5.13 Å². The largest absolute Gasteiger partial charge is 0.508 e. The predicted molar refractivity (Wildman–Crippen MR) is 79.3 cm³/mol. The third kappa shape index (κ3) is 4.31. The molecule has 0 atom stereocenters. The van der Waals surface area contributed by atoms with Crippen LogP contribution in [0.3, 0.4) is 0 Å². The van der Waals surface area contributed by atoms with Crippen LogP contribution in [-0.2, 0) is 4.79 Å². The van der Waals surface area contributed by atoms with E-state index in [2.05, 4.69) is 15.5 Å². The van der Waals surface area contributed by atoms with Gasteiger partial charge < -0.3 is 10.2 Å². The Morgan fingerprint density at radius 3 is 2.86 bits per heavy atom. The van der Waals surface area contributed by atoms with E-state index in [1.165, 1.54) is 18.2 Å². The van der Waals surface area contributed by atoms with Gasteiger partial charge in [0, 0.05) is 0 Å². The molecule has 0 radical (unpaired) electrons. The Morgan fingerprint density at radius 2 is 2.14 bits per heavy atom. The first kappa shape index (κ1) is 15.5. The molecule has 2 aromatic rings. The summed E-state index contributed by atoms with van der Waals surface area (Å²) in [4.78, 5) is 22.4. The summed E-state index contributed by atoms with van der Waals surface area (Å²) in [5, 5.41) is 28.3. The molecule has 110 valence electrons. The monoisotopic (exact) mass is 345 g/mol. The quantitative estimate of drug-likeness (QED) is 0.563. The van der Waals surface area contributed by atoms with Gasteiger partial charge in [-0.1, -0.05) is 34.7 Å². The van der Waals surface area contributed by atoms with E-state index in [0.29, 0.717) is 4.34 Å². The average Bonchev–Trinajstić information content (AvgIpc) is 2.86. The van der Waals surface area contributed by atoms with E-state index in [1.54, 1.807) is 0 Å². The summed E-state index contributed by atoms with van der Waals surface area (Å²) in [6.45, 7) is 0. The molecule has 0 unspecified atom stereocenters. The third-order valence-electron chi connectivity index (χ3n) is 2.14. The zero-order valence-corrected chi connectivity index (χ0v) is 12.6. The Morgan fingerprint density at radius 1 is 1.38 bits per heavy atom. The molecule has 1 aromatic heterocycles. The van der Waals surface area contributed by atoms with Crippen molar-refractivity contribution in [1.29, 1.82) is 0 Å². The highest BCUT2D eigenvalue weighted by molar-refractivity contribution is 8.01. The van der Waals surface area contributed by atoms with Crippen LogP contribution in [-0.4, -0.2) is 38.0 Å². The summed E-state index contributed by atoms with van der Waals surface area (Å²) in [5.74, 6) is -1.73. The number of amides is 1. The summed E-state index contributed by atoms with van der Waals surface area (Å²) in [5.41, 5.74) is 0.103. The first-order valence-electron chi connectivity index (χ1n) is 5.43. The lowest BCUT2D eigenvalue weighted by molar-refractivity contribution is -0.133. The molecule has 0 aliphatic rings. The lowest BCUT2D eigenvalue weighted by Gasteiger charge is -2.03. The summed E-state index contributed by atoms with van der Waals surface area (Å²) in [6.07, 6.45) is 0. The predicted octanol–water partition coefficient (Wildman–Crippen LogP) is 2.33. The van der Waals surface area contributed by atoms with E-state index in [0.717, 1.165) is 23.1 Å². The van der Waals surface area contributed by atoms with Crippen molar-refractivity contribution in [2.45, 2.75) is 4.34 Å². The number of carboxylic acid groups (broad SMARTS) is 1. The number of aromatic nitrogens is 2. The number of halogens is 1. The molecule has 0 saturated heterocycles. The first-order valence-corrected chi connectivity index (χ1v) is 7.61. The van der Waals surface area contributed by atoms with Crippen molar-refractivity contribution in [3.63, 3.8) is 0 Å². The van der Waals surface area contributed by atoms with Gasteiger partial charge in [0.25, 0.3) is 5.91 Å². The van der Waals surface area contributed by atoms with Crippen LogP contribution >= 0.6 is 34.7 Å². The highest BCUT2D eigenvalue weighted by Crippen LogP contribution is 2.27. The molecule has 7 nitrogen and oxygen atoms in total. The van der Waals surface area contributed by atoms with Crippen molar-refractivity contribution in [3.05, 3.63) is 28.8 Å². The number of phenolic OH excluding ortho intramolecular Hbond substituents is 1. The number of nitrogens with one attached hydrogen (secondary N) is 1. The Balaban J connectivity index is 2.06. The van der Waals surface area contributed by atoms with Gasteiger partial charge in [0.1, 0.15) is 5.75 Å². The second kappa shape index (κ2) is 6.74. The van der Waals surface area contributed by atoms with Crippen LogP contribution in [0.4, 0.5) is 5.13 Å². The molecule has 0 bridgehead atoms. The summed E-state index contributed by atoms with van der Waals surface area (Å²) in [6, 6.07) is 4.00. The van der Waals surface area contributed by atoms with Crippen LogP contribution in [0.15, 0.2) is 22.5 Å². The number of nitrogens with zero attached hydrogens (tertiary/aromatic N) is 2. The van der Waals surface area contributed by atoms with Gasteiger partial charge in [-0.05, 0) is 18.2 Å². The number of hydrogen-bond donors (Lipinski definition) is 3. The number of carbonyl (C=O) groups excluding carboxylic acids is 1. The average molecular weight is 346 g/mol. The fraction of sp³-hybridized carbons (Fsp3) is 0.0909. The smallest absolute Gasteiger partial charge is 0.313 e. The Bertz CT molecular complexity index is 692. The maximum Gasteiger partial charge on any atom is 0.313 e. The molecule has 21 heavy (non-hydrogen) atoms. The van der Waals surface area contributed by atoms with Gasteiger partial charge in [-0.3, -0.25) is 14.9 Å². The summed E-state index contributed by atoms with van der Waals surface area (Å²) < 4.78 is 0.426. The van der Waals surface area contributed by atoms with Gasteiger partial charge in [-0.15, -0.1) is 10.2 Å². The number of carbonyl (C=O) groups is 2. The van der Waals surface area contributed by atoms with Crippen molar-refractivity contribution in [1.82, 2.24) is 10.2 Å². The Kier molecular flexibility index (Phi) is 4.99. The minimum absolute atomic E-state index is 0.0838. The van der Waals surface area contributed by atoms with Gasteiger partial charge in [-0.2, -0.15) is 0 Å². The number of aliphatic carboxylic acids is 1. The molecule has 10 heteroatoms. The molecule has 1 amide bonds. The van der Waals surface area contributed by atoms with Crippen LogP contribution in [0, 0.1) is 0 Å². The number of carboxylic acids is 1. The van der Waals surface area contributed by atoms with Gasteiger partial charge in [0.15, 0.2) is 4.34 Å². The maximum absolute atomic E-state index is 12.0. The number of aromatic hydroxyl groups is 1. The lowest BCUT2D eigenvalue weighted by atomic mass is 10.2. The van der Waals surface area contributed by atoms with Gasteiger partial charge in [-0.25, -0.2) is 0 Å². The van der Waals surface area contributed by atoms with Crippen LogP contribution in [0.25, 0.3) is 0 Å². The number of anilines is 1. The van der Waals surface area contributed by atoms with Crippen molar-refractivity contribution >= 4 is 51.7 Å². The van der Waals surface area contributed by atoms with E-state index < -0.39 is 11.9 Å². The maximum atomic E-state index is 12.0. The highest BCUT2D eigenvalue weighted by atomic mass is 35.5. The van der Waals surface area contributed by atoms with E-state index in [4.69, 9.17) is 16.7 Å². The van der Waals surface area contributed by atoms with E-state index in [1.807, 2.05) is 0 Å². The molecular weight excluding hydrogens is 338 g/mol. The molecule has 0 fully saturated rings. The molecular formula is C11H8ClN3O4S2. The second-order valence-corrected chi connectivity index (χ2v) is 6.28. The summed E-state index contributed by atoms with van der Waals surface area (Å²) >= 11 is 7.93. The van der Waals surface area contributed by atoms with Gasteiger partial charge >= 0.3 is 5.97 Å². The Hall–Kier alpha value is -1.84. The normalized spacial score (nSPS) is 10.3. The SMILES string of the molecule is O=C(O)CSc1nnc(NC(=O)c2cc(O)ccc2Cl)s1. The number of benzene rings is 1. The topological polar surface area (TPSA) is 112 Å². The number of thioether (sulfide) groups is 1. The zero-order valence-electron chi connectivity index (χ0n) is 10.2. The highest BCUT2D eigenvalue weighted by Gasteiger charge is 2.14.